The summed E-state index contributed by atoms with van der Waals surface area (Å²) in [6, 6.07) is 12.8. The zero-order chi connectivity index (χ0) is 49.1. The van der Waals surface area contributed by atoms with Crippen LogP contribution in [0.4, 0.5) is 20.2 Å². The average Bonchev–Trinajstić information content (AvgIpc) is 3.82. The molecular formula is C52H59F2N11O5. The number of piperazine rings is 1. The molecule has 6 aromatic rings. The number of pyridine rings is 2. The second-order valence-corrected chi connectivity index (χ2v) is 19.4. The SMILES string of the molecule is CNc1ccn(-c2ccnc3c2cc([C@H](C)N2CC=C(c4c(C)cc(C(=O)N5CCC(CN6CCN(c7cc8c(cc7F)n([C@@H]7CCC(=O)NC7=O)c(=O)n8C)CC6)CC5)cc4F)CC2)n3C)c(=O)c1. The van der Waals surface area contributed by atoms with Gasteiger partial charge in [0.15, 0.2) is 0 Å². The third kappa shape index (κ3) is 8.50. The van der Waals surface area contributed by atoms with E-state index in [-0.39, 0.29) is 42.1 Å². The molecule has 4 aromatic heterocycles. The minimum absolute atomic E-state index is 0.0161. The van der Waals surface area contributed by atoms with Crippen molar-refractivity contribution in [2.45, 2.75) is 58.0 Å². The number of fused-ring (bicyclic) bond motifs is 2. The van der Waals surface area contributed by atoms with Crippen molar-refractivity contribution in [3.8, 4) is 5.69 Å². The zero-order valence-electron chi connectivity index (χ0n) is 40.3. The molecule has 0 saturated carbocycles. The van der Waals surface area contributed by atoms with Gasteiger partial charge in [-0.15, -0.1) is 0 Å². The standard InChI is InChI=1S/C52H59F2N11O5/c1-31-24-35(25-39(54)48(31)34-11-17-61(18-12-34)32(2)42-27-37-40(8-14-56-49(37)58(42)4)64-19-13-36(55-3)26-47(64)67)51(69)63-15-9-33(10-16-63)30-60-20-22-62(23-21-60)43-29-44-45(28-38(43)53)65(52(70)59(44)5)41-6-7-46(66)57-50(41)68/h8,11,13-14,19,24-29,32-33,41,55H,6-7,9-10,12,15-18,20-23,30H2,1-5H3,(H,57,66,68)/t32-,41+/m0/s1. The third-order valence-corrected chi connectivity index (χ3v) is 15.3. The van der Waals surface area contributed by atoms with Crippen molar-refractivity contribution in [2.75, 3.05) is 76.2 Å². The first kappa shape index (κ1) is 46.8. The number of halogens is 2. The molecule has 2 atom stereocenters. The van der Waals surface area contributed by atoms with Gasteiger partial charge in [-0.3, -0.25) is 48.0 Å². The summed E-state index contributed by atoms with van der Waals surface area (Å²) >= 11 is 0. The molecule has 366 valence electrons. The van der Waals surface area contributed by atoms with E-state index in [9.17, 15) is 24.0 Å². The Morgan fingerprint density at radius 3 is 2.31 bits per heavy atom. The molecule has 0 radical (unpaired) electrons. The van der Waals surface area contributed by atoms with Gasteiger partial charge in [0.25, 0.3) is 11.5 Å². The quantitative estimate of drug-likeness (QED) is 0.168. The first-order chi connectivity index (χ1) is 33.7. The lowest BCUT2D eigenvalue weighted by molar-refractivity contribution is -0.135. The number of imidazole rings is 1. The van der Waals surface area contributed by atoms with Crippen molar-refractivity contribution >= 4 is 56.7 Å². The first-order valence-electron chi connectivity index (χ1n) is 24.3. The van der Waals surface area contributed by atoms with Gasteiger partial charge >= 0.3 is 5.69 Å². The van der Waals surface area contributed by atoms with Gasteiger partial charge in [0.1, 0.15) is 23.3 Å². The van der Waals surface area contributed by atoms with Crippen LogP contribution in [-0.4, -0.2) is 122 Å². The van der Waals surface area contributed by atoms with E-state index in [1.165, 1.54) is 21.3 Å². The minimum atomic E-state index is -0.886. The molecule has 16 nitrogen and oxygen atoms in total. The number of aromatic nitrogens is 5. The number of carbonyl (C=O) groups excluding carboxylic acids is 3. The predicted molar refractivity (Wildman–Crippen MR) is 265 cm³/mol. The summed E-state index contributed by atoms with van der Waals surface area (Å²) in [4.78, 5) is 77.7. The van der Waals surface area contributed by atoms with Crippen LogP contribution in [0.3, 0.4) is 0 Å². The highest BCUT2D eigenvalue weighted by atomic mass is 19.1. The smallest absolute Gasteiger partial charge is 0.329 e. The fraction of sp³-hybridized carbons (Fsp3) is 0.423. The van der Waals surface area contributed by atoms with Crippen molar-refractivity contribution in [1.82, 2.24) is 43.3 Å². The minimum Gasteiger partial charge on any atom is -0.388 e. The number of hydrogen-bond donors (Lipinski definition) is 2. The molecule has 10 rings (SSSR count). The maximum Gasteiger partial charge on any atom is 0.329 e. The van der Waals surface area contributed by atoms with Gasteiger partial charge in [0.2, 0.25) is 11.8 Å². The number of imide groups is 1. The summed E-state index contributed by atoms with van der Waals surface area (Å²) < 4.78 is 38.3. The number of rotatable bonds is 10. The Morgan fingerprint density at radius 2 is 1.63 bits per heavy atom. The van der Waals surface area contributed by atoms with Gasteiger partial charge in [0, 0.05) is 145 Å². The Hall–Kier alpha value is -6.92. The highest BCUT2D eigenvalue weighted by Crippen LogP contribution is 2.35. The van der Waals surface area contributed by atoms with E-state index >= 15 is 8.78 Å². The number of likely N-dealkylation sites (tertiary alicyclic amines) is 1. The third-order valence-electron chi connectivity index (χ3n) is 15.3. The number of hydrogen-bond acceptors (Lipinski definition) is 10. The number of nitrogens with one attached hydrogen (secondary N) is 2. The van der Waals surface area contributed by atoms with Crippen LogP contribution in [0.2, 0.25) is 0 Å². The van der Waals surface area contributed by atoms with E-state index in [2.05, 4.69) is 49.1 Å². The Labute approximate surface area is 403 Å². The van der Waals surface area contributed by atoms with Gasteiger partial charge in [-0.2, -0.15) is 0 Å². The molecule has 2 aromatic carbocycles. The monoisotopic (exact) mass is 955 g/mol. The lowest BCUT2D eigenvalue weighted by atomic mass is 9.92. The largest absolute Gasteiger partial charge is 0.388 e. The Balaban J connectivity index is 0.731. The van der Waals surface area contributed by atoms with Gasteiger partial charge in [0.05, 0.1) is 22.4 Å². The summed E-state index contributed by atoms with van der Waals surface area (Å²) in [6.07, 6.45) is 8.19. The molecule has 18 heteroatoms. The fourth-order valence-corrected chi connectivity index (χ4v) is 11.3. The molecule has 4 aliphatic rings. The summed E-state index contributed by atoms with van der Waals surface area (Å²) in [6.45, 7) is 10.1. The van der Waals surface area contributed by atoms with E-state index in [0.717, 1.165) is 71.7 Å². The summed E-state index contributed by atoms with van der Waals surface area (Å²) in [7, 11) is 5.38. The summed E-state index contributed by atoms with van der Waals surface area (Å²) in [5.41, 5.74) is 6.62. The number of nitrogens with zero attached hydrogens (tertiary/aromatic N) is 9. The number of aryl methyl sites for hydroxylation is 3. The molecule has 0 aliphatic carbocycles. The topological polar surface area (TPSA) is 155 Å². The van der Waals surface area contributed by atoms with Gasteiger partial charge in [-0.05, 0) is 93.0 Å². The van der Waals surface area contributed by atoms with Crippen molar-refractivity contribution in [2.24, 2.45) is 20.0 Å². The second-order valence-electron chi connectivity index (χ2n) is 19.4. The predicted octanol–water partition coefficient (Wildman–Crippen LogP) is 5.51. The van der Waals surface area contributed by atoms with Gasteiger partial charge in [-0.1, -0.05) is 6.08 Å². The molecule has 0 bridgehead atoms. The zero-order valence-corrected chi connectivity index (χ0v) is 40.3. The van der Waals surface area contributed by atoms with Crippen molar-refractivity contribution < 1.29 is 23.2 Å². The van der Waals surface area contributed by atoms with Crippen molar-refractivity contribution in [3.05, 3.63) is 122 Å². The highest BCUT2D eigenvalue weighted by Gasteiger charge is 2.33. The molecule has 70 heavy (non-hydrogen) atoms. The lowest BCUT2D eigenvalue weighted by Crippen LogP contribution is -2.49. The van der Waals surface area contributed by atoms with Crippen LogP contribution in [0.25, 0.3) is 33.3 Å². The summed E-state index contributed by atoms with van der Waals surface area (Å²) in [5.74, 6) is -1.58. The van der Waals surface area contributed by atoms with Crippen LogP contribution in [0, 0.1) is 24.5 Å². The van der Waals surface area contributed by atoms with Crippen molar-refractivity contribution in [3.63, 3.8) is 0 Å². The van der Waals surface area contributed by atoms with E-state index in [1.807, 2.05) is 42.0 Å². The number of benzene rings is 2. The highest BCUT2D eigenvalue weighted by molar-refractivity contribution is 6.00. The van der Waals surface area contributed by atoms with E-state index in [4.69, 9.17) is 0 Å². The van der Waals surface area contributed by atoms with Crippen LogP contribution in [-0.2, 0) is 23.7 Å². The maximum atomic E-state index is 16.1. The molecule has 3 fully saturated rings. The van der Waals surface area contributed by atoms with E-state index in [1.54, 1.807) is 43.2 Å². The fourth-order valence-electron chi connectivity index (χ4n) is 11.3. The number of anilines is 2. The second kappa shape index (κ2) is 18.8. The van der Waals surface area contributed by atoms with E-state index in [0.29, 0.717) is 79.5 Å². The van der Waals surface area contributed by atoms with Crippen LogP contribution >= 0.6 is 0 Å². The molecule has 4 aliphatic heterocycles. The average molecular weight is 956 g/mol. The number of carbonyl (C=O) groups is 3. The summed E-state index contributed by atoms with van der Waals surface area (Å²) in [5, 5.41) is 6.19. The van der Waals surface area contributed by atoms with Crippen LogP contribution in [0.5, 0.6) is 0 Å². The van der Waals surface area contributed by atoms with E-state index < -0.39 is 23.5 Å². The first-order valence-corrected chi connectivity index (χ1v) is 24.3. The lowest BCUT2D eigenvalue weighted by Gasteiger charge is -2.39. The molecule has 0 spiro atoms. The van der Waals surface area contributed by atoms with Crippen molar-refractivity contribution in [1.29, 1.82) is 0 Å². The number of piperidine rings is 2. The Kier molecular flexibility index (Phi) is 12.5. The van der Waals surface area contributed by atoms with Crippen LogP contribution in [0.1, 0.15) is 78.3 Å². The normalized spacial score (nSPS) is 19.2. The van der Waals surface area contributed by atoms with Crippen LogP contribution in [0.15, 0.2) is 76.6 Å². The molecule has 0 unspecified atom stereocenters. The number of amides is 3. The molecule has 3 amide bonds. The Bertz CT molecular complexity index is 3200. The molecule has 8 heterocycles. The Morgan fingerprint density at radius 1 is 0.857 bits per heavy atom. The molecule has 3 saturated heterocycles. The van der Waals surface area contributed by atoms with Gasteiger partial charge < -0.3 is 19.7 Å². The molecule has 2 N–H and O–H groups in total. The van der Waals surface area contributed by atoms with Crippen LogP contribution < -0.4 is 26.8 Å². The molecular weight excluding hydrogens is 897 g/mol. The maximum absolute atomic E-state index is 16.1. The van der Waals surface area contributed by atoms with Gasteiger partial charge in [-0.25, -0.2) is 18.6 Å².